The van der Waals surface area contributed by atoms with E-state index in [4.69, 9.17) is 4.74 Å². The highest BCUT2D eigenvalue weighted by Gasteiger charge is 2.21. The summed E-state index contributed by atoms with van der Waals surface area (Å²) >= 11 is 4.34. The fourth-order valence-corrected chi connectivity index (χ4v) is 2.00. The zero-order valence-corrected chi connectivity index (χ0v) is 12.1. The number of rotatable bonds is 6. The molecule has 0 aliphatic rings. The van der Waals surface area contributed by atoms with Gasteiger partial charge in [0.1, 0.15) is 0 Å². The molecule has 0 N–H and O–H groups in total. The minimum Gasteiger partial charge on any atom is -0.383 e. The largest absolute Gasteiger partial charge is 0.383 e. The molecule has 3 nitrogen and oxygen atoms in total. The number of thiol groups is 1. The van der Waals surface area contributed by atoms with Crippen LogP contribution in [0, 0.1) is 0 Å². The number of amides is 1. The summed E-state index contributed by atoms with van der Waals surface area (Å²) in [6.07, 6.45) is 0.921. The number of carbonyl (C=O) groups is 1. The summed E-state index contributed by atoms with van der Waals surface area (Å²) in [6.45, 7) is 5.27. The van der Waals surface area contributed by atoms with Gasteiger partial charge in [-0.1, -0.05) is 19.1 Å². The average Bonchev–Trinajstić information content (AvgIpc) is 2.39. The molecule has 1 atom stereocenters. The Morgan fingerprint density at radius 2 is 2.11 bits per heavy atom. The van der Waals surface area contributed by atoms with Crippen molar-refractivity contribution in [1.29, 1.82) is 0 Å². The van der Waals surface area contributed by atoms with Crippen molar-refractivity contribution in [2.45, 2.75) is 31.2 Å². The van der Waals surface area contributed by atoms with Crippen LogP contribution in [-0.4, -0.2) is 37.1 Å². The third-order valence-electron chi connectivity index (χ3n) is 3.05. The van der Waals surface area contributed by atoms with Crippen LogP contribution < -0.4 is 0 Å². The molecule has 1 aromatic carbocycles. The van der Waals surface area contributed by atoms with Gasteiger partial charge >= 0.3 is 0 Å². The van der Waals surface area contributed by atoms with Gasteiger partial charge in [0.2, 0.25) is 0 Å². The van der Waals surface area contributed by atoms with Gasteiger partial charge in [-0.15, -0.1) is 12.6 Å². The van der Waals surface area contributed by atoms with Gasteiger partial charge in [-0.3, -0.25) is 4.79 Å². The van der Waals surface area contributed by atoms with E-state index in [1.54, 1.807) is 7.11 Å². The van der Waals surface area contributed by atoms with Crippen LogP contribution in [0.4, 0.5) is 0 Å². The average molecular weight is 267 g/mol. The molecule has 1 rings (SSSR count). The van der Waals surface area contributed by atoms with Gasteiger partial charge in [-0.25, -0.2) is 0 Å². The third kappa shape index (κ3) is 3.75. The zero-order valence-electron chi connectivity index (χ0n) is 11.2. The highest BCUT2D eigenvalue weighted by molar-refractivity contribution is 7.80. The lowest BCUT2D eigenvalue weighted by Gasteiger charge is -2.28. The van der Waals surface area contributed by atoms with Gasteiger partial charge in [0.15, 0.2) is 0 Å². The molecular weight excluding hydrogens is 246 g/mol. The number of nitrogens with zero attached hydrogens (tertiary/aromatic N) is 1. The Balaban J connectivity index is 2.91. The Labute approximate surface area is 115 Å². The summed E-state index contributed by atoms with van der Waals surface area (Å²) in [5.74, 6) is 0.0204. The molecular formula is C14H21NO2S. The van der Waals surface area contributed by atoms with Crippen molar-refractivity contribution < 1.29 is 9.53 Å². The highest BCUT2D eigenvalue weighted by Crippen LogP contribution is 2.17. The van der Waals surface area contributed by atoms with E-state index >= 15 is 0 Å². The van der Waals surface area contributed by atoms with Crippen molar-refractivity contribution in [2.75, 3.05) is 20.3 Å². The summed E-state index contributed by atoms with van der Waals surface area (Å²) in [6, 6.07) is 7.58. The normalized spacial score (nSPS) is 12.2. The lowest BCUT2D eigenvalue weighted by Crippen LogP contribution is -2.40. The number of hydrogen-bond acceptors (Lipinski definition) is 3. The fraction of sp³-hybridized carbons (Fsp3) is 0.500. The topological polar surface area (TPSA) is 29.5 Å². The number of methoxy groups -OCH3 is 1. The van der Waals surface area contributed by atoms with Crippen LogP contribution in [0.25, 0.3) is 0 Å². The SMILES string of the molecule is CCC(C)N(CCOC)C(=O)c1ccccc1S. The molecule has 1 unspecified atom stereocenters. The maximum absolute atomic E-state index is 12.5. The van der Waals surface area contributed by atoms with Crippen molar-refractivity contribution in [3.63, 3.8) is 0 Å². The second-order valence-corrected chi connectivity index (χ2v) is 4.75. The zero-order chi connectivity index (χ0) is 13.5. The Hall–Kier alpha value is -1.00. The molecule has 1 aromatic rings. The van der Waals surface area contributed by atoms with Gasteiger partial charge in [-0.05, 0) is 25.5 Å². The molecule has 18 heavy (non-hydrogen) atoms. The molecule has 0 bridgehead atoms. The lowest BCUT2D eigenvalue weighted by molar-refractivity contribution is 0.0610. The summed E-state index contributed by atoms with van der Waals surface area (Å²) < 4.78 is 5.07. The van der Waals surface area contributed by atoms with Crippen molar-refractivity contribution in [2.24, 2.45) is 0 Å². The fourth-order valence-electron chi connectivity index (χ4n) is 1.74. The molecule has 0 spiro atoms. The van der Waals surface area contributed by atoms with E-state index in [0.717, 1.165) is 6.42 Å². The van der Waals surface area contributed by atoms with Gasteiger partial charge in [-0.2, -0.15) is 0 Å². The predicted molar refractivity (Wildman–Crippen MR) is 76.4 cm³/mol. The predicted octanol–water partition coefficient (Wildman–Crippen LogP) is 2.86. The quantitative estimate of drug-likeness (QED) is 0.803. The Morgan fingerprint density at radius 1 is 1.44 bits per heavy atom. The summed E-state index contributed by atoms with van der Waals surface area (Å²) in [5, 5.41) is 0. The minimum atomic E-state index is 0.0204. The van der Waals surface area contributed by atoms with E-state index in [2.05, 4.69) is 26.5 Å². The Kier molecular flexibility index (Phi) is 6.22. The first kappa shape index (κ1) is 15.1. The first-order valence-corrected chi connectivity index (χ1v) is 6.64. The van der Waals surface area contributed by atoms with Crippen LogP contribution in [0.5, 0.6) is 0 Å². The van der Waals surface area contributed by atoms with E-state index in [1.165, 1.54) is 0 Å². The summed E-state index contributed by atoms with van der Waals surface area (Å²) in [4.78, 5) is 15.1. The molecule has 0 fully saturated rings. The van der Waals surface area contributed by atoms with Crippen molar-refractivity contribution >= 4 is 18.5 Å². The molecule has 1 amide bonds. The van der Waals surface area contributed by atoms with Gasteiger partial charge in [0, 0.05) is 24.6 Å². The van der Waals surface area contributed by atoms with Crippen LogP contribution in [-0.2, 0) is 4.74 Å². The molecule has 0 heterocycles. The smallest absolute Gasteiger partial charge is 0.255 e. The second-order valence-electron chi connectivity index (χ2n) is 4.27. The molecule has 4 heteroatoms. The standard InChI is InChI=1S/C14H21NO2S/c1-4-11(2)15(9-10-17-3)14(16)12-7-5-6-8-13(12)18/h5-8,11,18H,4,9-10H2,1-3H3. The maximum Gasteiger partial charge on any atom is 0.255 e. The molecule has 0 aliphatic carbocycles. The molecule has 0 radical (unpaired) electrons. The van der Waals surface area contributed by atoms with E-state index in [1.807, 2.05) is 29.2 Å². The molecule has 0 aliphatic heterocycles. The Morgan fingerprint density at radius 3 is 2.67 bits per heavy atom. The van der Waals surface area contributed by atoms with Crippen molar-refractivity contribution in [1.82, 2.24) is 4.90 Å². The van der Waals surface area contributed by atoms with E-state index in [9.17, 15) is 4.79 Å². The lowest BCUT2D eigenvalue weighted by atomic mass is 10.1. The van der Waals surface area contributed by atoms with Crippen LogP contribution in [0.15, 0.2) is 29.2 Å². The van der Waals surface area contributed by atoms with Crippen molar-refractivity contribution in [3.05, 3.63) is 29.8 Å². The molecule has 0 saturated carbocycles. The van der Waals surface area contributed by atoms with Crippen molar-refractivity contribution in [3.8, 4) is 0 Å². The number of benzene rings is 1. The first-order valence-electron chi connectivity index (χ1n) is 6.19. The Bertz CT molecular complexity index is 395. The van der Waals surface area contributed by atoms with Gasteiger partial charge < -0.3 is 9.64 Å². The second kappa shape index (κ2) is 7.44. The number of ether oxygens (including phenoxy) is 1. The molecule has 100 valence electrons. The minimum absolute atomic E-state index is 0.0204. The summed E-state index contributed by atoms with van der Waals surface area (Å²) in [7, 11) is 1.64. The van der Waals surface area contributed by atoms with Crippen LogP contribution >= 0.6 is 12.6 Å². The third-order valence-corrected chi connectivity index (χ3v) is 3.44. The van der Waals surface area contributed by atoms with Crippen LogP contribution in [0.2, 0.25) is 0 Å². The van der Waals surface area contributed by atoms with Gasteiger partial charge in [0.25, 0.3) is 5.91 Å². The monoisotopic (exact) mass is 267 g/mol. The maximum atomic E-state index is 12.5. The first-order chi connectivity index (χ1) is 8.61. The molecule has 0 aromatic heterocycles. The van der Waals surface area contributed by atoms with Gasteiger partial charge in [0.05, 0.1) is 12.2 Å². The molecule has 0 saturated heterocycles. The van der Waals surface area contributed by atoms with E-state index < -0.39 is 0 Å². The highest BCUT2D eigenvalue weighted by atomic mass is 32.1. The summed E-state index contributed by atoms with van der Waals surface area (Å²) in [5.41, 5.74) is 0.650. The van der Waals surface area contributed by atoms with Crippen LogP contribution in [0.1, 0.15) is 30.6 Å². The number of carbonyl (C=O) groups excluding carboxylic acids is 1. The van der Waals surface area contributed by atoms with E-state index in [-0.39, 0.29) is 11.9 Å². The van der Waals surface area contributed by atoms with E-state index in [0.29, 0.717) is 23.6 Å². The van der Waals surface area contributed by atoms with Crippen LogP contribution in [0.3, 0.4) is 0 Å². The number of hydrogen-bond donors (Lipinski definition) is 1.